The monoisotopic (exact) mass is 358 g/mol. The second-order valence-electron chi connectivity index (χ2n) is 6.03. The van der Waals surface area contributed by atoms with Gasteiger partial charge in [-0.1, -0.05) is 0 Å². The molecule has 0 unspecified atom stereocenters. The number of amides is 1. The van der Waals surface area contributed by atoms with Crippen molar-refractivity contribution in [1.82, 2.24) is 4.98 Å². The molecule has 7 heteroatoms. The third-order valence-corrected chi connectivity index (χ3v) is 4.04. The van der Waals surface area contributed by atoms with Crippen molar-refractivity contribution in [2.75, 3.05) is 11.9 Å². The molecule has 26 heavy (non-hydrogen) atoms. The van der Waals surface area contributed by atoms with Crippen molar-refractivity contribution in [3.8, 4) is 5.88 Å². The molecule has 0 radical (unpaired) electrons. The van der Waals surface area contributed by atoms with E-state index < -0.39 is 5.97 Å². The predicted molar refractivity (Wildman–Crippen MR) is 92.4 cm³/mol. The molecular weight excluding hydrogens is 339 g/mol. The molecule has 3 rings (SSSR count). The molecular formula is C19H19FN2O4. The molecule has 1 aliphatic carbocycles. The topological polar surface area (TPSA) is 77.5 Å². The quantitative estimate of drug-likeness (QED) is 0.802. The number of carbonyl (C=O) groups excluding carboxylic acids is 2. The summed E-state index contributed by atoms with van der Waals surface area (Å²) in [6, 6.07) is 8.49. The van der Waals surface area contributed by atoms with E-state index in [1.165, 1.54) is 42.6 Å². The first-order chi connectivity index (χ1) is 12.6. The van der Waals surface area contributed by atoms with Crippen molar-refractivity contribution in [2.45, 2.75) is 31.8 Å². The number of carbonyl (C=O) groups is 2. The van der Waals surface area contributed by atoms with Crippen LogP contribution < -0.4 is 10.1 Å². The van der Waals surface area contributed by atoms with Gasteiger partial charge in [0.05, 0.1) is 5.56 Å². The summed E-state index contributed by atoms with van der Waals surface area (Å²) in [5.74, 6) is -0.947. The Labute approximate surface area is 150 Å². The Balaban J connectivity index is 1.48. The van der Waals surface area contributed by atoms with Gasteiger partial charge in [-0.3, -0.25) is 4.79 Å². The highest BCUT2D eigenvalue weighted by molar-refractivity contribution is 6.04. The summed E-state index contributed by atoms with van der Waals surface area (Å²) in [7, 11) is 0. The van der Waals surface area contributed by atoms with Gasteiger partial charge in [0.25, 0.3) is 5.91 Å². The lowest BCUT2D eigenvalue weighted by Crippen LogP contribution is -2.21. The van der Waals surface area contributed by atoms with Gasteiger partial charge in [0.1, 0.15) is 11.9 Å². The summed E-state index contributed by atoms with van der Waals surface area (Å²) in [6.45, 7) is -0.218. The number of nitrogens with zero attached hydrogens (tertiary/aromatic N) is 1. The van der Waals surface area contributed by atoms with Gasteiger partial charge < -0.3 is 14.8 Å². The van der Waals surface area contributed by atoms with Crippen molar-refractivity contribution in [1.29, 1.82) is 0 Å². The van der Waals surface area contributed by atoms with Gasteiger partial charge in [-0.15, -0.1) is 0 Å². The van der Waals surface area contributed by atoms with E-state index >= 15 is 0 Å². The Morgan fingerprint density at radius 3 is 2.50 bits per heavy atom. The van der Waals surface area contributed by atoms with Gasteiger partial charge in [0.2, 0.25) is 5.88 Å². The van der Waals surface area contributed by atoms with E-state index in [4.69, 9.17) is 9.47 Å². The number of hydrogen-bond acceptors (Lipinski definition) is 5. The summed E-state index contributed by atoms with van der Waals surface area (Å²) in [4.78, 5) is 27.8. The van der Waals surface area contributed by atoms with Crippen LogP contribution in [-0.4, -0.2) is 29.6 Å². The number of aromatic nitrogens is 1. The van der Waals surface area contributed by atoms with Crippen LogP contribution in [0, 0.1) is 5.82 Å². The smallest absolute Gasteiger partial charge is 0.344 e. The van der Waals surface area contributed by atoms with E-state index in [-0.39, 0.29) is 30.3 Å². The first-order valence-corrected chi connectivity index (χ1v) is 8.45. The fourth-order valence-corrected chi connectivity index (χ4v) is 2.70. The largest absolute Gasteiger partial charge is 0.466 e. The second-order valence-corrected chi connectivity index (χ2v) is 6.03. The average Bonchev–Trinajstić information content (AvgIpc) is 3.15. The fraction of sp³-hybridized carbons (Fsp3) is 0.316. The van der Waals surface area contributed by atoms with Crippen LogP contribution in [0.1, 0.15) is 36.0 Å². The van der Waals surface area contributed by atoms with Crippen molar-refractivity contribution < 1.29 is 23.5 Å². The number of esters is 1. The summed E-state index contributed by atoms with van der Waals surface area (Å²) in [5, 5.41) is 2.63. The standard InChI is InChI=1S/C19H19FN2O4/c20-14-6-8-15(9-7-14)22-19(24)13-5-10-17(21-11-13)25-12-18(23)26-16-3-1-2-4-16/h5-11,16H,1-4,12H2,(H,22,24). The molecule has 0 aliphatic heterocycles. The Bertz CT molecular complexity index is 756. The highest BCUT2D eigenvalue weighted by Crippen LogP contribution is 2.21. The maximum Gasteiger partial charge on any atom is 0.344 e. The van der Waals surface area contributed by atoms with Gasteiger partial charge in [-0.25, -0.2) is 14.2 Å². The SMILES string of the molecule is O=C(COc1ccc(C(=O)Nc2ccc(F)cc2)cn1)OC1CCCC1. The molecule has 136 valence electrons. The van der Waals surface area contributed by atoms with Gasteiger partial charge in [0, 0.05) is 18.0 Å². The number of anilines is 1. The van der Waals surface area contributed by atoms with Crippen LogP contribution in [0.2, 0.25) is 0 Å². The maximum absolute atomic E-state index is 12.9. The second kappa shape index (κ2) is 8.42. The maximum atomic E-state index is 12.9. The van der Waals surface area contributed by atoms with E-state index in [0.717, 1.165) is 25.7 Å². The van der Waals surface area contributed by atoms with Crippen LogP contribution in [0.15, 0.2) is 42.6 Å². The highest BCUT2D eigenvalue weighted by atomic mass is 19.1. The van der Waals surface area contributed by atoms with E-state index in [1.807, 2.05) is 0 Å². The van der Waals surface area contributed by atoms with Crippen LogP contribution in [0.5, 0.6) is 5.88 Å². The Morgan fingerprint density at radius 1 is 1.12 bits per heavy atom. The predicted octanol–water partition coefficient (Wildman–Crippen LogP) is 3.34. The Hall–Kier alpha value is -2.96. The molecule has 2 aromatic rings. The first kappa shape index (κ1) is 17.8. The summed E-state index contributed by atoms with van der Waals surface area (Å²) in [6.07, 6.45) is 5.32. The zero-order valence-electron chi connectivity index (χ0n) is 14.1. The van der Waals surface area contributed by atoms with Crippen LogP contribution in [0.25, 0.3) is 0 Å². The van der Waals surface area contributed by atoms with E-state index in [0.29, 0.717) is 11.3 Å². The minimum atomic E-state index is -0.420. The van der Waals surface area contributed by atoms with Gasteiger partial charge in [-0.2, -0.15) is 0 Å². The molecule has 1 heterocycles. The van der Waals surface area contributed by atoms with Crippen molar-refractivity contribution in [3.63, 3.8) is 0 Å². The molecule has 1 fully saturated rings. The number of pyridine rings is 1. The third kappa shape index (κ3) is 5.02. The van der Waals surface area contributed by atoms with Gasteiger partial charge >= 0.3 is 5.97 Å². The van der Waals surface area contributed by atoms with Crippen LogP contribution >= 0.6 is 0 Å². The van der Waals surface area contributed by atoms with Gasteiger partial charge in [0.15, 0.2) is 6.61 Å². The van der Waals surface area contributed by atoms with Crippen molar-refractivity contribution in [3.05, 3.63) is 54.0 Å². The lowest BCUT2D eigenvalue weighted by molar-refractivity contribution is -0.151. The number of halogens is 1. The number of rotatable bonds is 6. The third-order valence-electron chi connectivity index (χ3n) is 4.04. The summed E-state index contributed by atoms with van der Waals surface area (Å²) in [5.41, 5.74) is 0.793. The number of nitrogens with one attached hydrogen (secondary N) is 1. The molecule has 1 N–H and O–H groups in total. The molecule has 1 amide bonds. The first-order valence-electron chi connectivity index (χ1n) is 8.45. The zero-order chi connectivity index (χ0) is 18.4. The van der Waals surface area contributed by atoms with Crippen LogP contribution in [0.4, 0.5) is 10.1 Å². The molecule has 1 aromatic heterocycles. The van der Waals surface area contributed by atoms with Crippen molar-refractivity contribution >= 4 is 17.6 Å². The van der Waals surface area contributed by atoms with E-state index in [9.17, 15) is 14.0 Å². The fourth-order valence-electron chi connectivity index (χ4n) is 2.70. The molecule has 0 bridgehead atoms. The Morgan fingerprint density at radius 2 is 1.85 bits per heavy atom. The van der Waals surface area contributed by atoms with Crippen LogP contribution in [-0.2, 0) is 9.53 Å². The molecule has 0 saturated heterocycles. The summed E-state index contributed by atoms with van der Waals surface area (Å²) >= 11 is 0. The molecule has 0 spiro atoms. The molecule has 1 aromatic carbocycles. The average molecular weight is 358 g/mol. The van der Waals surface area contributed by atoms with E-state index in [2.05, 4.69) is 10.3 Å². The molecule has 1 saturated carbocycles. The molecule has 1 aliphatic rings. The Kier molecular flexibility index (Phi) is 5.78. The lowest BCUT2D eigenvalue weighted by Gasteiger charge is -2.11. The van der Waals surface area contributed by atoms with Crippen LogP contribution in [0.3, 0.4) is 0 Å². The zero-order valence-corrected chi connectivity index (χ0v) is 14.1. The van der Waals surface area contributed by atoms with E-state index in [1.54, 1.807) is 0 Å². The minimum absolute atomic E-state index is 0.00316. The molecule has 0 atom stereocenters. The minimum Gasteiger partial charge on any atom is -0.466 e. The molecule has 6 nitrogen and oxygen atoms in total. The number of ether oxygens (including phenoxy) is 2. The highest BCUT2D eigenvalue weighted by Gasteiger charge is 2.19. The number of hydrogen-bond donors (Lipinski definition) is 1. The summed E-state index contributed by atoms with van der Waals surface area (Å²) < 4.78 is 23.4. The lowest BCUT2D eigenvalue weighted by atomic mass is 10.2. The van der Waals surface area contributed by atoms with Gasteiger partial charge in [-0.05, 0) is 56.0 Å². The normalized spacial score (nSPS) is 14.0. The number of benzene rings is 1. The van der Waals surface area contributed by atoms with Crippen molar-refractivity contribution in [2.24, 2.45) is 0 Å².